The summed E-state index contributed by atoms with van der Waals surface area (Å²) in [5.41, 5.74) is 0. The number of aliphatic carboxylic acids is 4. The maximum Gasteiger partial charge on any atom is 4.00 e. The molecule has 0 amide bonds. The van der Waals surface area contributed by atoms with E-state index in [1.807, 2.05) is 0 Å². The Morgan fingerprint density at radius 1 is 0.529 bits per heavy atom. The number of carbonyl (C=O) groups excluding carboxylic acids is 4. The number of hydrogen-bond acceptors (Lipinski definition) is 8. The second-order valence-corrected chi connectivity index (χ2v) is 1.97. The third-order valence-corrected chi connectivity index (χ3v) is 0. The van der Waals surface area contributed by atoms with Crippen molar-refractivity contribution < 1.29 is 57.0 Å². The van der Waals surface area contributed by atoms with Gasteiger partial charge in [0.25, 0.3) is 0 Å². The quantitative estimate of drug-likeness (QED) is 0.428. The molecule has 0 saturated heterocycles. The van der Waals surface area contributed by atoms with Gasteiger partial charge in [0.2, 0.25) is 0 Å². The first-order chi connectivity index (χ1) is 6.93. The van der Waals surface area contributed by atoms with Crippen molar-refractivity contribution in [2.24, 2.45) is 0 Å². The average molecular weight is 288 g/mol. The Hall–Kier alpha value is -1.59. The zero-order chi connectivity index (χ0) is 14.3. The van der Waals surface area contributed by atoms with E-state index in [-0.39, 0.29) is 17.4 Å². The molecule has 0 aromatic carbocycles. The zero-order valence-corrected chi connectivity index (χ0v) is 10.9. The van der Waals surface area contributed by atoms with Crippen LogP contribution in [-0.2, 0) is 36.5 Å². The van der Waals surface area contributed by atoms with Gasteiger partial charge in [0, 0.05) is 23.9 Å². The molecule has 0 atom stereocenters. The van der Waals surface area contributed by atoms with Crippen molar-refractivity contribution in [3.8, 4) is 0 Å². The monoisotopic (exact) mass is 288 g/mol. The Labute approximate surface area is 109 Å². The van der Waals surface area contributed by atoms with Crippen LogP contribution in [0.4, 0.5) is 0 Å². The molecule has 0 spiro atoms. The topological polar surface area (TPSA) is 161 Å². The van der Waals surface area contributed by atoms with Gasteiger partial charge >= 0.3 is 17.4 Å². The molecule has 0 radical (unpaired) electrons. The minimum Gasteiger partial charge on any atom is -0.550 e. The molecule has 9 heteroatoms. The summed E-state index contributed by atoms with van der Waals surface area (Å²) in [7, 11) is 0. The first-order valence-electron chi connectivity index (χ1n) is 3.63. The molecule has 0 aliphatic heterocycles. The van der Waals surface area contributed by atoms with E-state index in [2.05, 4.69) is 0 Å². The van der Waals surface area contributed by atoms with Gasteiger partial charge in [0.15, 0.2) is 0 Å². The predicted octanol–water partition coefficient (Wildman–Crippen LogP) is -4.98. The zero-order valence-electron chi connectivity index (χ0n) is 9.67. The largest absolute Gasteiger partial charge is 4.00 e. The van der Waals surface area contributed by atoms with Crippen LogP contribution in [0.15, 0.2) is 0 Å². The summed E-state index contributed by atoms with van der Waals surface area (Å²) < 4.78 is 0. The molecular formula is C8H12CrO8. The van der Waals surface area contributed by atoms with Crippen LogP contribution in [0, 0.1) is 0 Å². The van der Waals surface area contributed by atoms with Crippen molar-refractivity contribution >= 4 is 23.9 Å². The second-order valence-electron chi connectivity index (χ2n) is 1.97. The molecule has 0 N–H and O–H groups in total. The van der Waals surface area contributed by atoms with Crippen molar-refractivity contribution in [1.82, 2.24) is 0 Å². The van der Waals surface area contributed by atoms with Gasteiger partial charge in [-0.15, -0.1) is 0 Å². The van der Waals surface area contributed by atoms with Crippen LogP contribution < -0.4 is 20.4 Å². The fourth-order valence-corrected chi connectivity index (χ4v) is 0. The maximum absolute atomic E-state index is 8.89. The first kappa shape index (κ1) is 29.5. The Morgan fingerprint density at radius 3 is 0.529 bits per heavy atom. The summed E-state index contributed by atoms with van der Waals surface area (Å²) >= 11 is 0. The molecule has 0 aromatic rings. The molecule has 0 fully saturated rings. The molecule has 0 unspecified atom stereocenters. The summed E-state index contributed by atoms with van der Waals surface area (Å²) in [6, 6.07) is 0. The van der Waals surface area contributed by atoms with Crippen molar-refractivity contribution in [3.05, 3.63) is 0 Å². The fraction of sp³-hybridized carbons (Fsp3) is 0.500. The van der Waals surface area contributed by atoms with Crippen LogP contribution in [-0.4, -0.2) is 23.9 Å². The summed E-state index contributed by atoms with van der Waals surface area (Å²) in [6.45, 7) is 3.89. The van der Waals surface area contributed by atoms with E-state index < -0.39 is 23.9 Å². The van der Waals surface area contributed by atoms with Gasteiger partial charge in [-0.1, -0.05) is 0 Å². The third-order valence-electron chi connectivity index (χ3n) is 0. The summed E-state index contributed by atoms with van der Waals surface area (Å²) in [5.74, 6) is -4.33. The van der Waals surface area contributed by atoms with Gasteiger partial charge in [0.05, 0.1) is 0 Å². The van der Waals surface area contributed by atoms with Crippen molar-refractivity contribution in [3.63, 3.8) is 0 Å². The minimum atomic E-state index is -1.08. The number of hydrogen-bond donors (Lipinski definition) is 0. The second kappa shape index (κ2) is 23.9. The molecular weight excluding hydrogens is 276 g/mol. The van der Waals surface area contributed by atoms with E-state index in [9.17, 15) is 0 Å². The molecule has 0 aromatic heterocycles. The Kier molecular flexibility index (Phi) is 41.5. The van der Waals surface area contributed by atoms with Gasteiger partial charge in [0.1, 0.15) is 0 Å². The summed E-state index contributed by atoms with van der Waals surface area (Å²) in [5, 5.41) is 35.6. The summed E-state index contributed by atoms with van der Waals surface area (Å²) in [6.07, 6.45) is 0. The van der Waals surface area contributed by atoms with Crippen LogP contribution in [0.5, 0.6) is 0 Å². The number of carbonyl (C=O) groups is 4. The molecule has 0 saturated carbocycles. The number of carboxylic acids is 4. The van der Waals surface area contributed by atoms with Crippen LogP contribution >= 0.6 is 0 Å². The van der Waals surface area contributed by atoms with Gasteiger partial charge in [-0.25, -0.2) is 0 Å². The summed E-state index contributed by atoms with van der Waals surface area (Å²) in [4.78, 5) is 35.6. The van der Waals surface area contributed by atoms with Gasteiger partial charge in [-0.2, -0.15) is 0 Å². The maximum atomic E-state index is 8.89. The van der Waals surface area contributed by atoms with Gasteiger partial charge in [-0.3, -0.25) is 0 Å². The Balaban J connectivity index is -0.0000000369. The van der Waals surface area contributed by atoms with E-state index in [1.165, 1.54) is 0 Å². The van der Waals surface area contributed by atoms with E-state index >= 15 is 0 Å². The van der Waals surface area contributed by atoms with E-state index in [1.54, 1.807) is 0 Å². The molecule has 0 bridgehead atoms. The first-order valence-corrected chi connectivity index (χ1v) is 3.63. The molecule has 0 aliphatic rings. The van der Waals surface area contributed by atoms with E-state index in [4.69, 9.17) is 39.6 Å². The van der Waals surface area contributed by atoms with Crippen LogP contribution in [0.1, 0.15) is 27.7 Å². The Morgan fingerprint density at radius 2 is 0.529 bits per heavy atom. The van der Waals surface area contributed by atoms with Crippen LogP contribution in [0.25, 0.3) is 0 Å². The predicted molar refractivity (Wildman–Crippen MR) is 42.7 cm³/mol. The van der Waals surface area contributed by atoms with Crippen LogP contribution in [0.3, 0.4) is 0 Å². The molecule has 98 valence electrons. The standard InChI is InChI=1S/4C2H4O2.Cr/c4*1-2(3)4;/h4*1H3,(H,3,4);/q;;;;+4/p-4. The third kappa shape index (κ3) is 881. The van der Waals surface area contributed by atoms with Crippen molar-refractivity contribution in [2.75, 3.05) is 0 Å². The van der Waals surface area contributed by atoms with Crippen LogP contribution in [0.2, 0.25) is 0 Å². The van der Waals surface area contributed by atoms with E-state index in [0.29, 0.717) is 0 Å². The number of rotatable bonds is 0. The normalized spacial score (nSPS) is 5.88. The average Bonchev–Trinajstić information content (AvgIpc) is 1.76. The molecule has 0 heterocycles. The SMILES string of the molecule is CC(=O)[O-].CC(=O)[O-].CC(=O)[O-].CC(=O)[O-].[Cr+4]. The van der Waals surface area contributed by atoms with Crippen molar-refractivity contribution in [2.45, 2.75) is 27.7 Å². The molecule has 17 heavy (non-hydrogen) atoms. The smallest absolute Gasteiger partial charge is 0.550 e. The Bertz CT molecular complexity index is 162. The molecule has 8 nitrogen and oxygen atoms in total. The van der Waals surface area contributed by atoms with Gasteiger partial charge < -0.3 is 39.6 Å². The number of carboxylic acid groups (broad SMARTS) is 4. The minimum absolute atomic E-state index is 0. The van der Waals surface area contributed by atoms with Crippen molar-refractivity contribution in [1.29, 1.82) is 0 Å². The van der Waals surface area contributed by atoms with E-state index in [0.717, 1.165) is 27.7 Å². The fourth-order valence-electron chi connectivity index (χ4n) is 0. The molecule has 0 aliphatic carbocycles. The van der Waals surface area contributed by atoms with Gasteiger partial charge in [-0.05, 0) is 27.7 Å². The molecule has 0 rings (SSSR count).